The van der Waals surface area contributed by atoms with Gasteiger partial charge in [0.1, 0.15) is 5.75 Å². The average molecular weight is 337 g/mol. The van der Waals surface area contributed by atoms with Crippen molar-refractivity contribution in [3.8, 4) is 5.75 Å². The summed E-state index contributed by atoms with van der Waals surface area (Å²) in [6, 6.07) is 13.6. The standard InChI is InChI=1S/C22H27NO2/c1-4-15-7-9-19-18(13-15)22-17(6-5-11-25-22)21(23-19)16-8-10-20(24-3)14(2)12-16/h7-10,12-13,17,21-23H,4-6,11H2,1-3H3/t17-,21-,22-/m0/s1. The normalized spacial score (nSPS) is 24.8. The van der Waals surface area contributed by atoms with Gasteiger partial charge in [-0.2, -0.15) is 0 Å². The van der Waals surface area contributed by atoms with E-state index in [0.29, 0.717) is 5.92 Å². The van der Waals surface area contributed by atoms with E-state index in [-0.39, 0.29) is 12.1 Å². The first kappa shape index (κ1) is 16.5. The van der Waals surface area contributed by atoms with Crippen molar-refractivity contribution in [3.05, 3.63) is 58.7 Å². The Labute approximate surface area is 150 Å². The molecule has 3 atom stereocenters. The highest BCUT2D eigenvalue weighted by atomic mass is 16.5. The maximum absolute atomic E-state index is 6.27. The Kier molecular flexibility index (Phi) is 4.43. The second-order valence-corrected chi connectivity index (χ2v) is 7.22. The van der Waals surface area contributed by atoms with Crippen molar-refractivity contribution in [3.63, 3.8) is 0 Å². The molecule has 0 spiro atoms. The van der Waals surface area contributed by atoms with Crippen LogP contribution in [0.1, 0.15) is 54.2 Å². The van der Waals surface area contributed by atoms with Crippen LogP contribution in [0.25, 0.3) is 0 Å². The number of benzene rings is 2. The van der Waals surface area contributed by atoms with Crippen LogP contribution < -0.4 is 10.1 Å². The summed E-state index contributed by atoms with van der Waals surface area (Å²) < 4.78 is 11.7. The van der Waals surface area contributed by atoms with Crippen molar-refractivity contribution < 1.29 is 9.47 Å². The Morgan fingerprint density at radius 1 is 1.20 bits per heavy atom. The first-order valence-corrected chi connectivity index (χ1v) is 9.36. The summed E-state index contributed by atoms with van der Waals surface area (Å²) >= 11 is 0. The third kappa shape index (κ3) is 2.91. The summed E-state index contributed by atoms with van der Waals surface area (Å²) in [6.45, 7) is 5.19. The quantitative estimate of drug-likeness (QED) is 0.835. The monoisotopic (exact) mass is 337 g/mol. The first-order valence-electron chi connectivity index (χ1n) is 9.36. The van der Waals surface area contributed by atoms with E-state index in [0.717, 1.165) is 25.2 Å². The second-order valence-electron chi connectivity index (χ2n) is 7.22. The Balaban J connectivity index is 1.75. The lowest BCUT2D eigenvalue weighted by Gasteiger charge is -2.43. The van der Waals surface area contributed by atoms with Crippen LogP contribution in [-0.4, -0.2) is 13.7 Å². The Morgan fingerprint density at radius 3 is 2.84 bits per heavy atom. The van der Waals surface area contributed by atoms with Crippen LogP contribution in [0, 0.1) is 12.8 Å². The van der Waals surface area contributed by atoms with Crippen LogP contribution in [0.5, 0.6) is 5.75 Å². The molecule has 2 aliphatic rings. The number of nitrogens with one attached hydrogen (secondary N) is 1. The van der Waals surface area contributed by atoms with Gasteiger partial charge in [0.05, 0.1) is 19.3 Å². The zero-order chi connectivity index (χ0) is 17.4. The van der Waals surface area contributed by atoms with Crippen molar-refractivity contribution in [1.82, 2.24) is 0 Å². The van der Waals surface area contributed by atoms with E-state index in [9.17, 15) is 0 Å². The summed E-state index contributed by atoms with van der Waals surface area (Å²) in [5.41, 5.74) is 6.45. The molecule has 0 unspecified atom stereocenters. The molecule has 2 aliphatic heterocycles. The fourth-order valence-electron chi connectivity index (χ4n) is 4.37. The van der Waals surface area contributed by atoms with E-state index in [1.165, 1.54) is 34.4 Å². The highest BCUT2D eigenvalue weighted by molar-refractivity contribution is 5.58. The van der Waals surface area contributed by atoms with E-state index in [2.05, 4.69) is 55.6 Å². The molecule has 0 radical (unpaired) electrons. The molecule has 2 aromatic rings. The third-order valence-corrected chi connectivity index (χ3v) is 5.72. The predicted molar refractivity (Wildman–Crippen MR) is 101 cm³/mol. The van der Waals surface area contributed by atoms with Crippen molar-refractivity contribution >= 4 is 5.69 Å². The topological polar surface area (TPSA) is 30.5 Å². The number of hydrogen-bond acceptors (Lipinski definition) is 3. The maximum Gasteiger partial charge on any atom is 0.121 e. The molecule has 2 aromatic carbocycles. The average Bonchev–Trinajstić information content (AvgIpc) is 2.67. The minimum atomic E-state index is 0.198. The molecule has 132 valence electrons. The van der Waals surface area contributed by atoms with Gasteiger partial charge < -0.3 is 14.8 Å². The predicted octanol–water partition coefficient (Wildman–Crippen LogP) is 5.20. The van der Waals surface area contributed by atoms with Crippen molar-refractivity contribution in [2.24, 2.45) is 5.92 Å². The van der Waals surface area contributed by atoms with Gasteiger partial charge in [-0.3, -0.25) is 0 Å². The molecule has 25 heavy (non-hydrogen) atoms. The summed E-state index contributed by atoms with van der Waals surface area (Å²) in [5.74, 6) is 1.42. The number of aryl methyl sites for hydroxylation is 2. The maximum atomic E-state index is 6.27. The van der Waals surface area contributed by atoms with E-state index in [1.807, 2.05) is 0 Å². The molecule has 0 saturated carbocycles. The SMILES string of the molecule is CCc1ccc2c(c1)[C@H]1OCCC[C@H]1[C@H](c1ccc(OC)c(C)c1)N2. The minimum absolute atomic E-state index is 0.198. The molecular weight excluding hydrogens is 310 g/mol. The molecule has 0 aromatic heterocycles. The van der Waals surface area contributed by atoms with Gasteiger partial charge in [0, 0.05) is 23.8 Å². The summed E-state index contributed by atoms with van der Waals surface area (Å²) in [7, 11) is 1.73. The number of fused-ring (bicyclic) bond motifs is 3. The summed E-state index contributed by atoms with van der Waals surface area (Å²) in [4.78, 5) is 0. The van der Waals surface area contributed by atoms with Gasteiger partial charge in [0.15, 0.2) is 0 Å². The number of ether oxygens (including phenoxy) is 2. The molecule has 0 amide bonds. The second kappa shape index (κ2) is 6.72. The van der Waals surface area contributed by atoms with Gasteiger partial charge in [0.25, 0.3) is 0 Å². The lowest BCUT2D eigenvalue weighted by molar-refractivity contribution is -0.0381. The number of hydrogen-bond donors (Lipinski definition) is 1. The lowest BCUT2D eigenvalue weighted by atomic mass is 9.77. The molecule has 2 heterocycles. The van der Waals surface area contributed by atoms with Crippen molar-refractivity contribution in [2.45, 2.75) is 45.3 Å². The van der Waals surface area contributed by atoms with Crippen LogP contribution in [0.2, 0.25) is 0 Å². The number of rotatable bonds is 3. The van der Waals surface area contributed by atoms with Crippen LogP contribution in [-0.2, 0) is 11.2 Å². The zero-order valence-electron chi connectivity index (χ0n) is 15.3. The summed E-state index contributed by atoms with van der Waals surface area (Å²) in [6.07, 6.45) is 3.59. The molecule has 1 saturated heterocycles. The number of methoxy groups -OCH3 is 1. The van der Waals surface area contributed by atoms with Crippen molar-refractivity contribution in [1.29, 1.82) is 0 Å². The fraction of sp³-hybridized carbons (Fsp3) is 0.455. The van der Waals surface area contributed by atoms with Gasteiger partial charge in [-0.15, -0.1) is 0 Å². The lowest BCUT2D eigenvalue weighted by Crippen LogP contribution is -2.36. The van der Waals surface area contributed by atoms with Crippen LogP contribution in [0.4, 0.5) is 5.69 Å². The van der Waals surface area contributed by atoms with Gasteiger partial charge in [-0.25, -0.2) is 0 Å². The van der Waals surface area contributed by atoms with Gasteiger partial charge in [-0.1, -0.05) is 31.2 Å². The highest BCUT2D eigenvalue weighted by Gasteiger charge is 2.39. The van der Waals surface area contributed by atoms with Crippen LogP contribution >= 0.6 is 0 Å². The summed E-state index contributed by atoms with van der Waals surface area (Å²) in [5, 5.41) is 3.81. The minimum Gasteiger partial charge on any atom is -0.496 e. The highest BCUT2D eigenvalue weighted by Crippen LogP contribution is 2.49. The van der Waals surface area contributed by atoms with E-state index >= 15 is 0 Å². The van der Waals surface area contributed by atoms with E-state index < -0.39 is 0 Å². The van der Waals surface area contributed by atoms with Crippen LogP contribution in [0.3, 0.4) is 0 Å². The van der Waals surface area contributed by atoms with Gasteiger partial charge in [-0.05, 0) is 55.0 Å². The fourth-order valence-corrected chi connectivity index (χ4v) is 4.37. The van der Waals surface area contributed by atoms with Gasteiger partial charge >= 0.3 is 0 Å². The first-order chi connectivity index (χ1) is 12.2. The van der Waals surface area contributed by atoms with E-state index in [4.69, 9.17) is 9.47 Å². The molecular formula is C22H27NO2. The Morgan fingerprint density at radius 2 is 2.08 bits per heavy atom. The zero-order valence-corrected chi connectivity index (χ0v) is 15.3. The molecule has 4 rings (SSSR count). The van der Waals surface area contributed by atoms with Crippen molar-refractivity contribution in [2.75, 3.05) is 19.0 Å². The molecule has 1 fully saturated rings. The Hall–Kier alpha value is -2.00. The van der Waals surface area contributed by atoms with E-state index in [1.54, 1.807) is 7.11 Å². The Bertz CT molecular complexity index is 771. The molecule has 0 aliphatic carbocycles. The molecule has 3 nitrogen and oxygen atoms in total. The largest absolute Gasteiger partial charge is 0.496 e. The van der Waals surface area contributed by atoms with Gasteiger partial charge in [0.2, 0.25) is 0 Å². The van der Waals surface area contributed by atoms with Crippen LogP contribution in [0.15, 0.2) is 36.4 Å². The smallest absolute Gasteiger partial charge is 0.121 e. The molecule has 1 N–H and O–H groups in total. The molecule has 3 heteroatoms. The molecule has 0 bridgehead atoms. The number of anilines is 1. The third-order valence-electron chi connectivity index (χ3n) is 5.72.